The van der Waals surface area contributed by atoms with Crippen molar-refractivity contribution in [1.82, 2.24) is 15.5 Å². The monoisotopic (exact) mass is 243 g/mol. The molecule has 17 heavy (non-hydrogen) atoms. The van der Waals surface area contributed by atoms with Gasteiger partial charge < -0.3 is 20.3 Å². The van der Waals surface area contributed by atoms with Gasteiger partial charge in [-0.1, -0.05) is 13.8 Å². The lowest BCUT2D eigenvalue weighted by Crippen LogP contribution is -2.43. The van der Waals surface area contributed by atoms with Crippen molar-refractivity contribution in [3.05, 3.63) is 0 Å². The summed E-state index contributed by atoms with van der Waals surface area (Å²) in [7, 11) is 0. The number of carbonyl (C=O) groups excluding carboxylic acids is 1. The lowest BCUT2D eigenvalue weighted by atomic mass is 10.3. The quantitative estimate of drug-likeness (QED) is 0.651. The molecule has 0 aliphatic carbocycles. The van der Waals surface area contributed by atoms with Crippen LogP contribution in [-0.2, 0) is 4.74 Å². The van der Waals surface area contributed by atoms with Crippen molar-refractivity contribution in [2.75, 3.05) is 39.4 Å². The smallest absolute Gasteiger partial charge is 0.315 e. The molecular formula is C12H25N3O2. The second-order valence-corrected chi connectivity index (χ2v) is 4.34. The first-order valence-electron chi connectivity index (χ1n) is 6.60. The molecule has 0 spiro atoms. The van der Waals surface area contributed by atoms with Gasteiger partial charge in [-0.05, 0) is 32.5 Å². The van der Waals surface area contributed by atoms with E-state index in [1.165, 1.54) is 0 Å². The summed E-state index contributed by atoms with van der Waals surface area (Å²) in [6.45, 7) is 9.63. The maximum atomic E-state index is 11.5. The Hall–Kier alpha value is -0.810. The average molecular weight is 243 g/mol. The number of carbonyl (C=O) groups is 1. The second kappa shape index (κ2) is 8.31. The van der Waals surface area contributed by atoms with E-state index < -0.39 is 0 Å². The van der Waals surface area contributed by atoms with Crippen LogP contribution in [0.25, 0.3) is 0 Å². The lowest BCUT2D eigenvalue weighted by Gasteiger charge is -2.18. The Morgan fingerprint density at radius 2 is 2.18 bits per heavy atom. The van der Waals surface area contributed by atoms with Gasteiger partial charge in [-0.2, -0.15) is 0 Å². The molecule has 1 fully saturated rings. The molecule has 5 heteroatoms. The van der Waals surface area contributed by atoms with Gasteiger partial charge in [0.1, 0.15) is 0 Å². The van der Waals surface area contributed by atoms with E-state index in [4.69, 9.17) is 4.74 Å². The van der Waals surface area contributed by atoms with Crippen LogP contribution >= 0.6 is 0 Å². The van der Waals surface area contributed by atoms with Crippen LogP contribution in [-0.4, -0.2) is 56.4 Å². The molecule has 1 heterocycles. The molecule has 0 radical (unpaired) electrons. The van der Waals surface area contributed by atoms with Crippen LogP contribution in [0.5, 0.6) is 0 Å². The molecule has 0 saturated carbocycles. The Morgan fingerprint density at radius 1 is 1.41 bits per heavy atom. The van der Waals surface area contributed by atoms with Crippen molar-refractivity contribution in [1.29, 1.82) is 0 Å². The summed E-state index contributed by atoms with van der Waals surface area (Å²) < 4.78 is 5.20. The van der Waals surface area contributed by atoms with Gasteiger partial charge in [0, 0.05) is 13.2 Å². The third-order valence-electron chi connectivity index (χ3n) is 3.10. The second-order valence-electron chi connectivity index (χ2n) is 4.34. The molecule has 5 nitrogen and oxygen atoms in total. The molecule has 1 rings (SSSR count). The van der Waals surface area contributed by atoms with Crippen molar-refractivity contribution in [3.63, 3.8) is 0 Å². The highest BCUT2D eigenvalue weighted by Crippen LogP contribution is 2.02. The number of ether oxygens (including phenoxy) is 1. The van der Waals surface area contributed by atoms with Crippen molar-refractivity contribution in [2.24, 2.45) is 0 Å². The van der Waals surface area contributed by atoms with Gasteiger partial charge in [0.25, 0.3) is 0 Å². The molecule has 100 valence electrons. The van der Waals surface area contributed by atoms with Gasteiger partial charge in [0.05, 0.1) is 12.6 Å². The molecule has 1 aliphatic rings. The molecular weight excluding hydrogens is 218 g/mol. The summed E-state index contributed by atoms with van der Waals surface area (Å²) >= 11 is 0. The standard InChI is InChI=1S/C12H25N3O2/c1-3-15(4-2)8-5-7-13-12(16)14-11-6-9-17-10-11/h11H,3-10H2,1-2H3,(H2,13,14,16). The minimum Gasteiger partial charge on any atom is -0.379 e. The molecule has 1 aliphatic heterocycles. The fourth-order valence-corrected chi connectivity index (χ4v) is 1.93. The highest BCUT2D eigenvalue weighted by Gasteiger charge is 2.17. The molecule has 0 aromatic heterocycles. The third-order valence-corrected chi connectivity index (χ3v) is 3.10. The Morgan fingerprint density at radius 3 is 2.76 bits per heavy atom. The van der Waals surface area contributed by atoms with Crippen molar-refractivity contribution < 1.29 is 9.53 Å². The molecule has 2 N–H and O–H groups in total. The summed E-state index contributed by atoms with van der Waals surface area (Å²) in [6, 6.07) is 0.123. The molecule has 1 unspecified atom stereocenters. The van der Waals surface area contributed by atoms with Crippen LogP contribution in [0.1, 0.15) is 26.7 Å². The maximum absolute atomic E-state index is 11.5. The first-order valence-corrected chi connectivity index (χ1v) is 6.60. The van der Waals surface area contributed by atoms with Gasteiger partial charge in [-0.15, -0.1) is 0 Å². The van der Waals surface area contributed by atoms with Gasteiger partial charge in [0.15, 0.2) is 0 Å². The van der Waals surface area contributed by atoms with Crippen LogP contribution in [0.4, 0.5) is 4.79 Å². The van der Waals surface area contributed by atoms with Gasteiger partial charge in [-0.25, -0.2) is 4.79 Å². The number of rotatable bonds is 7. The topological polar surface area (TPSA) is 53.6 Å². The van der Waals surface area contributed by atoms with Crippen LogP contribution in [0.15, 0.2) is 0 Å². The van der Waals surface area contributed by atoms with Crippen LogP contribution in [0.3, 0.4) is 0 Å². The molecule has 0 bridgehead atoms. The highest BCUT2D eigenvalue weighted by molar-refractivity contribution is 5.74. The molecule has 0 aromatic rings. The SMILES string of the molecule is CCN(CC)CCCNC(=O)NC1CCOC1. The number of amides is 2. The first kappa shape index (κ1) is 14.3. The van der Waals surface area contributed by atoms with Gasteiger partial charge in [0.2, 0.25) is 0 Å². The zero-order valence-electron chi connectivity index (χ0n) is 11.0. The predicted octanol–water partition coefficient (Wildman–Crippen LogP) is 0.806. The Balaban J connectivity index is 1.99. The van der Waals surface area contributed by atoms with E-state index in [-0.39, 0.29) is 12.1 Å². The van der Waals surface area contributed by atoms with Crippen molar-refractivity contribution >= 4 is 6.03 Å². The van der Waals surface area contributed by atoms with Gasteiger partial charge >= 0.3 is 6.03 Å². The number of nitrogens with one attached hydrogen (secondary N) is 2. The molecule has 1 saturated heterocycles. The van der Waals surface area contributed by atoms with Crippen molar-refractivity contribution in [3.8, 4) is 0 Å². The maximum Gasteiger partial charge on any atom is 0.315 e. The molecule has 2 amide bonds. The number of nitrogens with zero attached hydrogens (tertiary/aromatic N) is 1. The number of hydrogen-bond donors (Lipinski definition) is 2. The minimum absolute atomic E-state index is 0.0694. The first-order chi connectivity index (χ1) is 8.26. The number of urea groups is 1. The minimum atomic E-state index is -0.0694. The Labute approximate surface area is 104 Å². The molecule has 0 aromatic carbocycles. The summed E-state index contributed by atoms with van der Waals surface area (Å²) in [6.07, 6.45) is 1.92. The summed E-state index contributed by atoms with van der Waals surface area (Å²) in [5.41, 5.74) is 0. The molecule has 1 atom stereocenters. The lowest BCUT2D eigenvalue weighted by molar-refractivity contribution is 0.188. The van der Waals surface area contributed by atoms with E-state index in [2.05, 4.69) is 29.4 Å². The van der Waals surface area contributed by atoms with Gasteiger partial charge in [-0.3, -0.25) is 0 Å². The fraction of sp³-hybridized carbons (Fsp3) is 0.917. The largest absolute Gasteiger partial charge is 0.379 e. The zero-order chi connectivity index (χ0) is 12.5. The fourth-order valence-electron chi connectivity index (χ4n) is 1.93. The summed E-state index contributed by atoms with van der Waals surface area (Å²) in [5, 5.41) is 5.79. The zero-order valence-corrected chi connectivity index (χ0v) is 11.0. The normalized spacial score (nSPS) is 19.6. The van der Waals surface area contributed by atoms with Crippen LogP contribution in [0, 0.1) is 0 Å². The number of hydrogen-bond acceptors (Lipinski definition) is 3. The summed E-state index contributed by atoms with van der Waals surface area (Å²) in [4.78, 5) is 13.8. The van der Waals surface area contributed by atoms with E-state index >= 15 is 0 Å². The van der Waals surface area contributed by atoms with E-state index in [0.717, 1.165) is 45.6 Å². The highest BCUT2D eigenvalue weighted by atomic mass is 16.5. The third kappa shape index (κ3) is 5.89. The van der Waals surface area contributed by atoms with Crippen LogP contribution < -0.4 is 10.6 Å². The predicted molar refractivity (Wildman–Crippen MR) is 68.2 cm³/mol. The Bertz CT molecular complexity index is 214. The Kier molecular flexibility index (Phi) is 6.96. The van der Waals surface area contributed by atoms with Crippen LogP contribution in [0.2, 0.25) is 0 Å². The van der Waals surface area contributed by atoms with E-state index in [9.17, 15) is 4.79 Å². The van der Waals surface area contributed by atoms with E-state index in [1.54, 1.807) is 0 Å². The van der Waals surface area contributed by atoms with E-state index in [1.807, 2.05) is 0 Å². The average Bonchev–Trinajstić information content (AvgIpc) is 2.82. The van der Waals surface area contributed by atoms with Crippen molar-refractivity contribution in [2.45, 2.75) is 32.7 Å². The summed E-state index contributed by atoms with van der Waals surface area (Å²) in [5.74, 6) is 0. The van der Waals surface area contributed by atoms with E-state index in [0.29, 0.717) is 6.61 Å².